The fourth-order valence-electron chi connectivity index (χ4n) is 0. The van der Waals surface area contributed by atoms with Gasteiger partial charge in [-0.05, 0) is 11.5 Å². The number of rotatable bonds is 1. The standard InChI is InChI=1S/C2H6NO2P.ClH/c1-2(3)6(4)5;/h2H,3H2,1H3;1H/p+1. The molecule has 0 bridgehead atoms. The molecule has 0 aliphatic rings. The monoisotopic (exact) mass is 144 g/mol. The number of hydrogen-bond acceptors (Lipinski definition) is 2. The van der Waals surface area contributed by atoms with Gasteiger partial charge in [0.1, 0.15) is 0 Å². The molecule has 0 aromatic carbocycles. The van der Waals surface area contributed by atoms with Gasteiger partial charge in [0.05, 0.1) is 0 Å². The summed E-state index contributed by atoms with van der Waals surface area (Å²) < 4.78 is 9.72. The Hall–Kier alpha value is 0.310. The van der Waals surface area contributed by atoms with Gasteiger partial charge < -0.3 is 0 Å². The molecule has 0 aromatic rings. The van der Waals surface area contributed by atoms with Gasteiger partial charge in [-0.15, -0.1) is 12.4 Å². The molecule has 0 spiro atoms. The van der Waals surface area contributed by atoms with Gasteiger partial charge in [-0.2, -0.15) is 4.89 Å². The first-order valence-electron chi connectivity index (χ1n) is 1.55. The van der Waals surface area contributed by atoms with Crippen molar-refractivity contribution in [1.29, 1.82) is 0 Å². The van der Waals surface area contributed by atoms with Gasteiger partial charge in [0.15, 0.2) is 0 Å². The van der Waals surface area contributed by atoms with Crippen LogP contribution in [0.1, 0.15) is 6.92 Å². The third-order valence-electron chi connectivity index (χ3n) is 0.348. The van der Waals surface area contributed by atoms with Crippen LogP contribution in [0.3, 0.4) is 0 Å². The Morgan fingerprint density at radius 2 is 2.00 bits per heavy atom. The summed E-state index contributed by atoms with van der Waals surface area (Å²) in [7, 11) is -2.13. The zero-order valence-electron chi connectivity index (χ0n) is 3.87. The minimum Gasteiger partial charge on any atom is -0.285 e. The Labute approximate surface area is 49.2 Å². The van der Waals surface area contributed by atoms with E-state index in [-0.39, 0.29) is 12.4 Å². The summed E-state index contributed by atoms with van der Waals surface area (Å²) >= 11 is 0. The van der Waals surface area contributed by atoms with Crippen molar-refractivity contribution in [3.05, 3.63) is 0 Å². The third kappa shape index (κ3) is 6.31. The summed E-state index contributed by atoms with van der Waals surface area (Å²) in [6.07, 6.45) is 0. The fourth-order valence-corrected chi connectivity index (χ4v) is 0. The molecule has 0 aliphatic heterocycles. The highest BCUT2D eigenvalue weighted by Gasteiger charge is 2.15. The zero-order chi connectivity index (χ0) is 5.15. The smallest absolute Gasteiger partial charge is 0.285 e. The van der Waals surface area contributed by atoms with Crippen molar-refractivity contribution in [2.24, 2.45) is 5.73 Å². The van der Waals surface area contributed by atoms with Crippen molar-refractivity contribution >= 4 is 20.4 Å². The topological polar surface area (TPSA) is 63.3 Å². The van der Waals surface area contributed by atoms with Crippen LogP contribution in [0.5, 0.6) is 0 Å². The zero-order valence-corrected chi connectivity index (χ0v) is 5.58. The van der Waals surface area contributed by atoms with Crippen molar-refractivity contribution in [3.63, 3.8) is 0 Å². The molecule has 0 radical (unpaired) electrons. The van der Waals surface area contributed by atoms with Crippen LogP contribution in [-0.2, 0) is 4.57 Å². The second kappa shape index (κ2) is 4.47. The maximum absolute atomic E-state index is 9.72. The van der Waals surface area contributed by atoms with Crippen LogP contribution in [0.15, 0.2) is 0 Å². The van der Waals surface area contributed by atoms with Crippen LogP contribution < -0.4 is 5.73 Å². The summed E-state index contributed by atoms with van der Waals surface area (Å²) in [5.74, 6) is -0.583. The van der Waals surface area contributed by atoms with Crippen molar-refractivity contribution in [1.82, 2.24) is 0 Å². The molecule has 0 heterocycles. The SMILES string of the molecule is CC(N)[P+](=O)O.Cl. The van der Waals surface area contributed by atoms with E-state index in [9.17, 15) is 4.57 Å². The predicted octanol–water partition coefficient (Wildman–Crippen LogP) is 0.448. The fraction of sp³-hybridized carbons (Fsp3) is 1.00. The minimum absolute atomic E-state index is 0. The molecule has 3 nitrogen and oxygen atoms in total. The second-order valence-corrected chi connectivity index (χ2v) is 2.46. The Morgan fingerprint density at radius 3 is 2.00 bits per heavy atom. The summed E-state index contributed by atoms with van der Waals surface area (Å²) in [4.78, 5) is 8.01. The Morgan fingerprint density at radius 1 is 1.86 bits per heavy atom. The highest BCUT2D eigenvalue weighted by molar-refractivity contribution is 7.38. The van der Waals surface area contributed by atoms with Gasteiger partial charge in [-0.3, -0.25) is 5.73 Å². The molecule has 0 aliphatic carbocycles. The predicted molar refractivity (Wildman–Crippen MR) is 30.7 cm³/mol. The summed E-state index contributed by atoms with van der Waals surface area (Å²) in [6, 6.07) is 0. The highest BCUT2D eigenvalue weighted by Crippen LogP contribution is 2.15. The molecule has 0 rings (SSSR count). The normalized spacial score (nSPS) is 14.4. The lowest BCUT2D eigenvalue weighted by Crippen LogP contribution is -2.07. The molecule has 0 saturated carbocycles. The van der Waals surface area contributed by atoms with Gasteiger partial charge in [0, 0.05) is 0 Å². The maximum Gasteiger partial charge on any atom is 0.524 e. The van der Waals surface area contributed by atoms with Crippen LogP contribution >= 0.6 is 20.4 Å². The first-order chi connectivity index (χ1) is 2.64. The molecule has 2 unspecified atom stereocenters. The number of nitrogens with two attached hydrogens (primary N) is 1. The lowest BCUT2D eigenvalue weighted by atomic mass is 10.8. The van der Waals surface area contributed by atoms with Gasteiger partial charge in [0.25, 0.3) is 0 Å². The van der Waals surface area contributed by atoms with Crippen molar-refractivity contribution < 1.29 is 9.46 Å². The quantitative estimate of drug-likeness (QED) is 0.525. The highest BCUT2D eigenvalue weighted by atomic mass is 35.5. The average Bonchev–Trinajstić information content (AvgIpc) is 1.36. The van der Waals surface area contributed by atoms with Crippen LogP contribution in [-0.4, -0.2) is 10.7 Å². The molecule has 5 heteroatoms. The van der Waals surface area contributed by atoms with Crippen LogP contribution in [0.2, 0.25) is 0 Å². The molecule has 3 N–H and O–H groups in total. The summed E-state index contributed by atoms with van der Waals surface area (Å²) in [5.41, 5.74) is 4.90. The maximum atomic E-state index is 9.72. The van der Waals surface area contributed by atoms with E-state index in [1.807, 2.05) is 0 Å². The van der Waals surface area contributed by atoms with E-state index < -0.39 is 13.8 Å². The van der Waals surface area contributed by atoms with E-state index >= 15 is 0 Å². The van der Waals surface area contributed by atoms with E-state index in [0.29, 0.717) is 0 Å². The molecule has 0 fully saturated rings. The minimum atomic E-state index is -2.13. The molecule has 0 amide bonds. The van der Waals surface area contributed by atoms with E-state index in [1.165, 1.54) is 6.92 Å². The Kier molecular flexibility index (Phi) is 6.59. The van der Waals surface area contributed by atoms with Gasteiger partial charge in [-0.1, -0.05) is 0 Å². The second-order valence-electron chi connectivity index (χ2n) is 1.04. The Balaban J connectivity index is 0. The van der Waals surface area contributed by atoms with Crippen LogP contribution in [0.25, 0.3) is 0 Å². The van der Waals surface area contributed by atoms with Gasteiger partial charge in [0.2, 0.25) is 5.78 Å². The third-order valence-corrected chi connectivity index (χ3v) is 1.05. The van der Waals surface area contributed by atoms with Crippen molar-refractivity contribution in [2.75, 3.05) is 0 Å². The molecule has 0 aromatic heterocycles. The van der Waals surface area contributed by atoms with Gasteiger partial charge >= 0.3 is 8.03 Å². The first-order valence-corrected chi connectivity index (χ1v) is 2.83. The lowest BCUT2D eigenvalue weighted by Gasteiger charge is -1.75. The lowest BCUT2D eigenvalue weighted by molar-refractivity contribution is 0.493. The molecule has 2 atom stereocenters. The largest absolute Gasteiger partial charge is 0.524 e. The Bertz CT molecular complexity index is 66.7. The van der Waals surface area contributed by atoms with Crippen LogP contribution in [0.4, 0.5) is 0 Å². The molecule has 44 valence electrons. The molecule has 7 heavy (non-hydrogen) atoms. The number of hydrogen-bond donors (Lipinski definition) is 2. The average molecular weight is 145 g/mol. The van der Waals surface area contributed by atoms with Crippen molar-refractivity contribution in [3.8, 4) is 0 Å². The van der Waals surface area contributed by atoms with E-state index in [1.54, 1.807) is 0 Å². The summed E-state index contributed by atoms with van der Waals surface area (Å²) in [5, 5.41) is 0. The molecular formula is C2H8ClNO2P+. The van der Waals surface area contributed by atoms with Crippen molar-refractivity contribution in [2.45, 2.75) is 12.7 Å². The van der Waals surface area contributed by atoms with Gasteiger partial charge in [-0.25, -0.2) is 0 Å². The molecule has 0 saturated heterocycles. The first kappa shape index (κ1) is 10.3. The number of halogens is 1. The molecular weight excluding hydrogens is 136 g/mol. The van der Waals surface area contributed by atoms with E-state index in [2.05, 4.69) is 0 Å². The van der Waals surface area contributed by atoms with E-state index in [4.69, 9.17) is 10.6 Å². The van der Waals surface area contributed by atoms with Crippen LogP contribution in [0, 0.1) is 0 Å². The van der Waals surface area contributed by atoms with E-state index in [0.717, 1.165) is 0 Å². The summed E-state index contributed by atoms with van der Waals surface area (Å²) in [6.45, 7) is 1.48.